The Kier molecular flexibility index (Phi) is 6.17. The molecule has 0 radical (unpaired) electrons. The fourth-order valence-corrected chi connectivity index (χ4v) is 5.47. The average molecular weight is 485 g/mol. The zero-order valence-electron chi connectivity index (χ0n) is 19.8. The Bertz CT molecular complexity index is 1570. The molecule has 0 saturated heterocycles. The smallest absolute Gasteiger partial charge is 0.262 e. The van der Waals surface area contributed by atoms with Crippen LogP contribution in [0.25, 0.3) is 33.0 Å². The monoisotopic (exact) mass is 484 g/mol. The SMILES string of the molecule is Cc1nc(-c2cccc(F)c2)n(CCc2ccccc2)c(=O)c1-c1cc(-c2cnn(C)c2)c(C)s1. The fraction of sp³-hybridized carbons (Fsp3) is 0.179. The molecule has 0 aliphatic rings. The second-order valence-corrected chi connectivity index (χ2v) is 9.84. The van der Waals surface area contributed by atoms with Crippen LogP contribution in [0.2, 0.25) is 0 Å². The first-order valence-electron chi connectivity index (χ1n) is 11.4. The number of aromatic nitrogens is 4. The lowest BCUT2D eigenvalue weighted by Gasteiger charge is -2.16. The van der Waals surface area contributed by atoms with Gasteiger partial charge in [-0.2, -0.15) is 5.10 Å². The molecule has 3 heterocycles. The highest BCUT2D eigenvalue weighted by Crippen LogP contribution is 2.36. The van der Waals surface area contributed by atoms with Gasteiger partial charge in [-0.1, -0.05) is 42.5 Å². The van der Waals surface area contributed by atoms with Gasteiger partial charge in [-0.3, -0.25) is 14.0 Å². The van der Waals surface area contributed by atoms with Crippen molar-refractivity contribution in [2.45, 2.75) is 26.8 Å². The largest absolute Gasteiger partial charge is 0.292 e. The van der Waals surface area contributed by atoms with E-state index in [1.807, 2.05) is 69.7 Å². The highest BCUT2D eigenvalue weighted by Gasteiger charge is 2.20. The molecular weight excluding hydrogens is 459 g/mol. The molecule has 0 atom stereocenters. The van der Waals surface area contributed by atoms with Crippen LogP contribution in [0.15, 0.2) is 77.9 Å². The highest BCUT2D eigenvalue weighted by molar-refractivity contribution is 7.16. The van der Waals surface area contributed by atoms with Crippen LogP contribution in [-0.4, -0.2) is 19.3 Å². The molecule has 3 aromatic heterocycles. The molecule has 176 valence electrons. The summed E-state index contributed by atoms with van der Waals surface area (Å²) >= 11 is 1.58. The van der Waals surface area contributed by atoms with Crippen LogP contribution in [0.4, 0.5) is 4.39 Å². The Morgan fingerprint density at radius 3 is 2.51 bits per heavy atom. The number of aryl methyl sites for hydroxylation is 4. The first-order valence-corrected chi connectivity index (χ1v) is 12.2. The van der Waals surface area contributed by atoms with Gasteiger partial charge >= 0.3 is 0 Å². The molecule has 7 heteroatoms. The average Bonchev–Trinajstić information content (AvgIpc) is 3.44. The number of nitrogens with zero attached hydrogens (tertiary/aromatic N) is 4. The summed E-state index contributed by atoms with van der Waals surface area (Å²) in [5.74, 6) is 0.121. The second-order valence-electron chi connectivity index (χ2n) is 8.58. The Hall–Kier alpha value is -3.84. The van der Waals surface area contributed by atoms with Gasteiger partial charge < -0.3 is 0 Å². The van der Waals surface area contributed by atoms with Gasteiger partial charge in [-0.25, -0.2) is 9.37 Å². The molecule has 2 aromatic carbocycles. The lowest BCUT2D eigenvalue weighted by molar-refractivity contribution is 0.626. The minimum atomic E-state index is -0.358. The van der Waals surface area contributed by atoms with Gasteiger partial charge in [0.25, 0.3) is 5.56 Å². The van der Waals surface area contributed by atoms with Crippen molar-refractivity contribution in [1.82, 2.24) is 19.3 Å². The van der Waals surface area contributed by atoms with E-state index >= 15 is 0 Å². The number of halogens is 1. The van der Waals surface area contributed by atoms with E-state index in [1.165, 1.54) is 12.1 Å². The summed E-state index contributed by atoms with van der Waals surface area (Å²) in [7, 11) is 1.89. The predicted molar refractivity (Wildman–Crippen MR) is 139 cm³/mol. The van der Waals surface area contributed by atoms with Crippen LogP contribution in [0.1, 0.15) is 16.1 Å². The molecule has 5 aromatic rings. The lowest BCUT2D eigenvalue weighted by Crippen LogP contribution is -2.27. The predicted octanol–water partition coefficient (Wildman–Crippen LogP) is 6.04. The quantitative estimate of drug-likeness (QED) is 0.295. The minimum absolute atomic E-state index is 0.119. The van der Waals surface area contributed by atoms with Gasteiger partial charge in [0.05, 0.1) is 17.5 Å². The van der Waals surface area contributed by atoms with Crippen molar-refractivity contribution in [3.8, 4) is 33.0 Å². The van der Waals surface area contributed by atoms with Gasteiger partial charge in [0.15, 0.2) is 0 Å². The standard InChI is InChI=1S/C28H25FN4OS/c1-18-26(25-15-24(19(2)35-25)22-16-30-32(3)17-22)28(34)33(13-12-20-8-5-4-6-9-20)27(31-18)21-10-7-11-23(29)14-21/h4-11,14-17H,12-13H2,1-3H3. The molecule has 0 spiro atoms. The van der Waals surface area contributed by atoms with Crippen LogP contribution in [0, 0.1) is 19.7 Å². The van der Waals surface area contributed by atoms with Crippen molar-refractivity contribution in [3.05, 3.63) is 105 Å². The number of benzene rings is 2. The highest BCUT2D eigenvalue weighted by atomic mass is 32.1. The van der Waals surface area contributed by atoms with Crippen molar-refractivity contribution in [2.24, 2.45) is 7.05 Å². The van der Waals surface area contributed by atoms with E-state index in [9.17, 15) is 9.18 Å². The van der Waals surface area contributed by atoms with Crippen molar-refractivity contribution in [2.75, 3.05) is 0 Å². The van der Waals surface area contributed by atoms with Crippen molar-refractivity contribution in [3.63, 3.8) is 0 Å². The van der Waals surface area contributed by atoms with Gasteiger partial charge in [-0.15, -0.1) is 11.3 Å². The van der Waals surface area contributed by atoms with Crippen molar-refractivity contribution >= 4 is 11.3 Å². The summed E-state index contributed by atoms with van der Waals surface area (Å²) in [6.45, 7) is 4.34. The number of rotatable bonds is 6. The zero-order chi connectivity index (χ0) is 24.5. The first-order chi connectivity index (χ1) is 16.9. The van der Waals surface area contributed by atoms with Gasteiger partial charge in [-0.05, 0) is 49.6 Å². The van der Waals surface area contributed by atoms with Crippen LogP contribution < -0.4 is 5.56 Å². The van der Waals surface area contributed by atoms with E-state index in [4.69, 9.17) is 4.98 Å². The Morgan fingerprint density at radius 1 is 1.00 bits per heavy atom. The molecule has 0 fully saturated rings. The van der Waals surface area contributed by atoms with E-state index in [1.54, 1.807) is 32.7 Å². The lowest BCUT2D eigenvalue weighted by atomic mass is 10.1. The van der Waals surface area contributed by atoms with Crippen LogP contribution >= 0.6 is 11.3 Å². The summed E-state index contributed by atoms with van der Waals surface area (Å²) in [6, 6.07) is 18.3. The first kappa shape index (κ1) is 22.9. The molecule has 35 heavy (non-hydrogen) atoms. The third-order valence-electron chi connectivity index (χ3n) is 6.08. The molecule has 0 aliphatic heterocycles. The second kappa shape index (κ2) is 9.43. The van der Waals surface area contributed by atoms with E-state index in [0.29, 0.717) is 35.6 Å². The van der Waals surface area contributed by atoms with Gasteiger partial charge in [0.2, 0.25) is 0 Å². The Balaban J connectivity index is 1.65. The number of thiophene rings is 1. The summed E-state index contributed by atoms with van der Waals surface area (Å²) in [6.07, 6.45) is 4.46. The Morgan fingerprint density at radius 2 is 1.80 bits per heavy atom. The molecule has 0 amide bonds. The van der Waals surface area contributed by atoms with Gasteiger partial charge in [0, 0.05) is 40.7 Å². The fourth-order valence-electron chi connectivity index (χ4n) is 4.34. The van der Waals surface area contributed by atoms with Crippen LogP contribution in [-0.2, 0) is 20.0 Å². The summed E-state index contributed by atoms with van der Waals surface area (Å²) in [4.78, 5) is 20.8. The third kappa shape index (κ3) is 4.59. The van der Waals surface area contributed by atoms with Crippen molar-refractivity contribution < 1.29 is 4.39 Å². The van der Waals surface area contributed by atoms with E-state index in [0.717, 1.165) is 26.4 Å². The van der Waals surface area contributed by atoms with Crippen molar-refractivity contribution in [1.29, 1.82) is 0 Å². The molecule has 0 saturated carbocycles. The zero-order valence-corrected chi connectivity index (χ0v) is 20.6. The number of hydrogen-bond acceptors (Lipinski definition) is 4. The topological polar surface area (TPSA) is 52.7 Å². The maximum Gasteiger partial charge on any atom is 0.262 e. The minimum Gasteiger partial charge on any atom is -0.292 e. The molecule has 5 rings (SSSR count). The van der Waals surface area contributed by atoms with Crippen LogP contribution in [0.5, 0.6) is 0 Å². The van der Waals surface area contributed by atoms with E-state index in [-0.39, 0.29) is 11.4 Å². The molecule has 0 N–H and O–H groups in total. The maximum absolute atomic E-state index is 14.1. The summed E-state index contributed by atoms with van der Waals surface area (Å²) in [5.41, 5.74) is 4.87. The molecule has 0 aliphatic carbocycles. The molecule has 0 bridgehead atoms. The summed E-state index contributed by atoms with van der Waals surface area (Å²) < 4.78 is 17.5. The van der Waals surface area contributed by atoms with Gasteiger partial charge in [0.1, 0.15) is 11.6 Å². The number of hydrogen-bond donors (Lipinski definition) is 0. The van der Waals surface area contributed by atoms with E-state index in [2.05, 4.69) is 5.10 Å². The molecular formula is C28H25FN4OS. The van der Waals surface area contributed by atoms with E-state index < -0.39 is 0 Å². The summed E-state index contributed by atoms with van der Waals surface area (Å²) in [5, 5.41) is 4.28. The normalized spacial score (nSPS) is 11.2. The Labute approximate surface area is 207 Å². The maximum atomic E-state index is 14.1. The molecule has 0 unspecified atom stereocenters. The molecule has 5 nitrogen and oxygen atoms in total. The van der Waals surface area contributed by atoms with Crippen LogP contribution in [0.3, 0.4) is 0 Å². The third-order valence-corrected chi connectivity index (χ3v) is 7.15.